The maximum Gasteiger partial charge on any atom is 0.205 e. The van der Waals surface area contributed by atoms with Crippen molar-refractivity contribution in [3.63, 3.8) is 0 Å². The van der Waals surface area contributed by atoms with Gasteiger partial charge >= 0.3 is 0 Å². The molecule has 1 aliphatic heterocycles. The highest BCUT2D eigenvalue weighted by atomic mass is 35.5. The molecule has 126 valence electrons. The number of halogens is 1. The minimum atomic E-state index is -0.0984. The van der Waals surface area contributed by atoms with Crippen LogP contribution in [0.3, 0.4) is 0 Å². The Morgan fingerprint density at radius 2 is 2.20 bits per heavy atom. The first-order chi connectivity index (χ1) is 12.1. The minimum absolute atomic E-state index is 0.0984. The Kier molecular flexibility index (Phi) is 4.03. The van der Waals surface area contributed by atoms with Crippen molar-refractivity contribution in [3.8, 4) is 23.0 Å². The molecule has 3 aromatic rings. The average molecular weight is 372 g/mol. The molecule has 0 amide bonds. The molecule has 0 saturated heterocycles. The van der Waals surface area contributed by atoms with E-state index in [1.165, 1.54) is 0 Å². The lowest BCUT2D eigenvalue weighted by Crippen LogP contribution is -2.12. The zero-order chi connectivity index (χ0) is 17.6. The third kappa shape index (κ3) is 2.82. The quantitative estimate of drug-likeness (QED) is 0.512. The number of aliphatic hydroxyl groups is 1. The predicted molar refractivity (Wildman–Crippen MR) is 97.6 cm³/mol. The van der Waals surface area contributed by atoms with E-state index in [4.69, 9.17) is 28.6 Å². The first-order valence-electron chi connectivity index (χ1n) is 7.72. The molecule has 0 bridgehead atoms. The maximum absolute atomic E-state index is 9.56. The Balaban J connectivity index is 1.85. The number of ether oxygens (including phenoxy) is 1. The Morgan fingerprint density at radius 3 is 2.96 bits per heavy atom. The van der Waals surface area contributed by atoms with Crippen LogP contribution in [-0.4, -0.2) is 20.1 Å². The Morgan fingerprint density at radius 1 is 1.36 bits per heavy atom. The molecule has 5 nitrogen and oxygen atoms in total. The van der Waals surface area contributed by atoms with Crippen molar-refractivity contribution in [1.29, 1.82) is 0 Å². The first-order valence-corrected chi connectivity index (χ1v) is 8.50. The lowest BCUT2D eigenvalue weighted by Gasteiger charge is -2.23. The summed E-state index contributed by atoms with van der Waals surface area (Å²) < 4.78 is 6.52. The van der Waals surface area contributed by atoms with Crippen molar-refractivity contribution >= 4 is 23.8 Å². The first kappa shape index (κ1) is 16.2. The van der Waals surface area contributed by atoms with Gasteiger partial charge in [-0.3, -0.25) is 4.98 Å². The predicted octanol–water partition coefficient (Wildman–Crippen LogP) is 4.35. The highest BCUT2D eigenvalue weighted by Crippen LogP contribution is 2.39. The number of aliphatic hydroxyl groups excluding tert-OH is 1. The van der Waals surface area contributed by atoms with Gasteiger partial charge in [-0.2, -0.15) is 0 Å². The second-order valence-electron chi connectivity index (χ2n) is 5.82. The molecule has 0 aliphatic carbocycles. The molecule has 25 heavy (non-hydrogen) atoms. The van der Waals surface area contributed by atoms with Gasteiger partial charge in [0.25, 0.3) is 0 Å². The van der Waals surface area contributed by atoms with Gasteiger partial charge in [-0.1, -0.05) is 36.0 Å². The third-order valence-electron chi connectivity index (χ3n) is 4.21. The molecule has 0 saturated carbocycles. The van der Waals surface area contributed by atoms with Crippen LogP contribution >= 0.6 is 23.8 Å². The van der Waals surface area contributed by atoms with Crippen molar-refractivity contribution < 1.29 is 9.84 Å². The van der Waals surface area contributed by atoms with E-state index in [1.807, 2.05) is 25.1 Å². The molecule has 1 aliphatic rings. The summed E-state index contributed by atoms with van der Waals surface area (Å²) in [5, 5.41) is 10.2. The molecule has 4 rings (SSSR count). The molecule has 2 aromatic heterocycles. The molecule has 7 heteroatoms. The number of fused-ring (bicyclic) bond motifs is 2. The van der Waals surface area contributed by atoms with Crippen molar-refractivity contribution in [3.05, 3.63) is 62.5 Å². The number of rotatable bonds is 2. The average Bonchev–Trinajstić information content (AvgIpc) is 2.61. The molecule has 0 atom stereocenters. The summed E-state index contributed by atoms with van der Waals surface area (Å²) in [6.45, 7) is 1.78. The Hall–Kier alpha value is -2.28. The molecule has 0 radical (unpaired) electrons. The largest absolute Gasteiger partial charge is 0.438 e. The number of nitrogens with zero attached hydrogens (tertiary/aromatic N) is 2. The van der Waals surface area contributed by atoms with Crippen LogP contribution in [0.25, 0.3) is 11.4 Å². The molecule has 2 N–H and O–H groups in total. The van der Waals surface area contributed by atoms with Gasteiger partial charge in [0.15, 0.2) is 5.75 Å². The molecule has 0 fully saturated rings. The number of aryl methyl sites for hydroxylation is 1. The summed E-state index contributed by atoms with van der Waals surface area (Å²) in [4.78, 5) is 12.0. The van der Waals surface area contributed by atoms with Crippen LogP contribution in [0.1, 0.15) is 22.4 Å². The van der Waals surface area contributed by atoms with Gasteiger partial charge in [0.1, 0.15) is 10.5 Å². The van der Waals surface area contributed by atoms with Gasteiger partial charge < -0.3 is 14.8 Å². The van der Waals surface area contributed by atoms with E-state index >= 15 is 0 Å². The number of nitrogens with one attached hydrogen (secondary N) is 1. The highest BCUT2D eigenvalue weighted by molar-refractivity contribution is 7.71. The fourth-order valence-electron chi connectivity index (χ4n) is 2.91. The number of hydrogen-bond donors (Lipinski definition) is 2. The van der Waals surface area contributed by atoms with Crippen molar-refractivity contribution in [2.75, 3.05) is 0 Å². The summed E-state index contributed by atoms with van der Waals surface area (Å²) in [7, 11) is 0. The van der Waals surface area contributed by atoms with Gasteiger partial charge in [0.05, 0.1) is 17.9 Å². The topological polar surface area (TPSA) is 71.0 Å². The fraction of sp³-hybridized carbons (Fsp3) is 0.167. The van der Waals surface area contributed by atoms with Crippen molar-refractivity contribution in [2.24, 2.45) is 0 Å². The van der Waals surface area contributed by atoms with Gasteiger partial charge in [0.2, 0.25) is 5.88 Å². The number of pyridine rings is 1. The number of benzene rings is 1. The number of aromatic nitrogens is 3. The summed E-state index contributed by atoms with van der Waals surface area (Å²) in [5.74, 6) is 1.81. The molecule has 0 spiro atoms. The zero-order valence-corrected chi connectivity index (χ0v) is 14.9. The van der Waals surface area contributed by atoms with Gasteiger partial charge in [-0.25, -0.2) is 4.98 Å². The van der Waals surface area contributed by atoms with Crippen LogP contribution in [0, 0.1) is 11.6 Å². The number of H-pyrrole nitrogens is 1. The zero-order valence-electron chi connectivity index (χ0n) is 13.3. The monoisotopic (exact) mass is 371 g/mol. The van der Waals surface area contributed by atoms with E-state index in [9.17, 15) is 5.11 Å². The summed E-state index contributed by atoms with van der Waals surface area (Å²) in [5.41, 5.74) is 4.03. The SMILES string of the molecule is Cc1ncc(CO)c2c1Oc1[nH]c(-c3cccc(Cl)c3)nc(=S)c1C2. The van der Waals surface area contributed by atoms with Crippen LogP contribution in [0.5, 0.6) is 11.6 Å². The molecule has 1 aromatic carbocycles. The van der Waals surface area contributed by atoms with Crippen molar-refractivity contribution in [2.45, 2.75) is 20.0 Å². The maximum atomic E-state index is 9.56. The van der Waals surface area contributed by atoms with E-state index in [-0.39, 0.29) is 6.61 Å². The Labute approximate surface area is 154 Å². The standard InChI is InChI=1S/C18H14ClN3O2S/c1-9-15-13(11(8-23)7-20-9)6-14-17(24-15)21-16(22-18(14)25)10-3-2-4-12(19)5-10/h2-5,7,23H,6,8H2,1H3,(H,21,22,25). The van der Waals surface area contributed by atoms with Crippen LogP contribution in [0.15, 0.2) is 30.5 Å². The van der Waals surface area contributed by atoms with Gasteiger partial charge in [0, 0.05) is 34.3 Å². The highest BCUT2D eigenvalue weighted by Gasteiger charge is 2.25. The van der Waals surface area contributed by atoms with Crippen LogP contribution in [0.2, 0.25) is 5.02 Å². The lowest BCUT2D eigenvalue weighted by molar-refractivity contribution is 0.278. The van der Waals surface area contributed by atoms with E-state index < -0.39 is 0 Å². The summed E-state index contributed by atoms with van der Waals surface area (Å²) in [6.07, 6.45) is 2.21. The van der Waals surface area contributed by atoms with E-state index in [0.717, 1.165) is 27.9 Å². The Bertz CT molecular complexity index is 1050. The van der Waals surface area contributed by atoms with Crippen LogP contribution in [-0.2, 0) is 13.0 Å². The van der Waals surface area contributed by atoms with Crippen LogP contribution in [0.4, 0.5) is 0 Å². The lowest BCUT2D eigenvalue weighted by atomic mass is 9.99. The second kappa shape index (κ2) is 6.22. The van der Waals surface area contributed by atoms with E-state index in [1.54, 1.807) is 12.3 Å². The van der Waals surface area contributed by atoms with E-state index in [0.29, 0.717) is 33.5 Å². The normalized spacial score (nSPS) is 12.3. The third-order valence-corrected chi connectivity index (χ3v) is 4.78. The number of hydrogen-bond acceptors (Lipinski definition) is 5. The van der Waals surface area contributed by atoms with Crippen molar-refractivity contribution in [1.82, 2.24) is 15.0 Å². The second-order valence-corrected chi connectivity index (χ2v) is 6.65. The minimum Gasteiger partial charge on any atom is -0.438 e. The smallest absolute Gasteiger partial charge is 0.205 e. The van der Waals surface area contributed by atoms with Gasteiger partial charge in [-0.05, 0) is 19.1 Å². The molecular weight excluding hydrogens is 358 g/mol. The fourth-order valence-corrected chi connectivity index (χ4v) is 3.36. The van der Waals surface area contributed by atoms with Gasteiger partial charge in [-0.15, -0.1) is 0 Å². The summed E-state index contributed by atoms with van der Waals surface area (Å²) >= 11 is 11.5. The van der Waals surface area contributed by atoms with E-state index in [2.05, 4.69) is 15.0 Å². The summed E-state index contributed by atoms with van der Waals surface area (Å²) in [6, 6.07) is 7.37. The van der Waals surface area contributed by atoms with Crippen LogP contribution < -0.4 is 4.74 Å². The molecule has 3 heterocycles. The number of aromatic amines is 1. The molecule has 0 unspecified atom stereocenters. The molecular formula is C18H14ClN3O2S.